The van der Waals surface area contributed by atoms with Crippen LogP contribution in [0.25, 0.3) is 0 Å². The summed E-state index contributed by atoms with van der Waals surface area (Å²) in [5, 5.41) is 0. The van der Waals surface area contributed by atoms with Crippen LogP contribution in [0.2, 0.25) is 0 Å². The van der Waals surface area contributed by atoms with E-state index >= 15 is 0 Å². The van der Waals surface area contributed by atoms with Crippen molar-refractivity contribution in [3.05, 3.63) is 35.4 Å². The molecule has 3 N–H and O–H groups in total. The van der Waals surface area contributed by atoms with Crippen LogP contribution in [0.5, 0.6) is 0 Å². The molecule has 0 spiro atoms. The molecule has 1 aromatic carbocycles. The van der Waals surface area contributed by atoms with Gasteiger partial charge >= 0.3 is 0 Å². The van der Waals surface area contributed by atoms with E-state index in [0.717, 1.165) is 12.8 Å². The number of aryl methyl sites for hydroxylation is 1. The molecule has 1 aromatic rings. The van der Waals surface area contributed by atoms with Crippen molar-refractivity contribution >= 4 is 9.03 Å². The van der Waals surface area contributed by atoms with Crippen LogP contribution in [0.15, 0.2) is 24.3 Å². The van der Waals surface area contributed by atoms with Crippen molar-refractivity contribution in [2.75, 3.05) is 13.2 Å². The summed E-state index contributed by atoms with van der Waals surface area (Å²) in [5.74, 6) is 0. The summed E-state index contributed by atoms with van der Waals surface area (Å²) in [6.45, 7) is 3.07. The number of hydrogen-bond acceptors (Lipinski definition) is 4. The van der Waals surface area contributed by atoms with Gasteiger partial charge in [0.25, 0.3) is 0 Å². The van der Waals surface area contributed by atoms with E-state index in [9.17, 15) is 0 Å². The first-order valence-corrected chi connectivity index (χ1v) is 10.0. The number of nitrogens with two attached hydrogens (primary N) is 1. The SMILES string of the molecule is CCCCCCCCc1ccc(C2CC(N)(COPO)CO2)cc1. The second kappa shape index (κ2) is 10.5. The molecule has 5 heteroatoms. The topological polar surface area (TPSA) is 64.7 Å². The number of benzene rings is 1. The fraction of sp³-hybridized carbons (Fsp3) is 0.684. The minimum Gasteiger partial charge on any atom is -0.371 e. The summed E-state index contributed by atoms with van der Waals surface area (Å²) < 4.78 is 10.9. The maximum absolute atomic E-state index is 8.79. The molecule has 1 saturated heterocycles. The lowest BCUT2D eigenvalue weighted by molar-refractivity contribution is 0.0987. The minimum atomic E-state index is -0.515. The van der Waals surface area contributed by atoms with Crippen LogP contribution < -0.4 is 5.73 Å². The van der Waals surface area contributed by atoms with Crippen molar-refractivity contribution in [2.45, 2.75) is 69.9 Å². The zero-order valence-corrected chi connectivity index (χ0v) is 15.8. The minimum absolute atomic E-state index is 0.0312. The highest BCUT2D eigenvalue weighted by atomic mass is 31.1. The van der Waals surface area contributed by atoms with Gasteiger partial charge in [0.2, 0.25) is 0 Å². The third-order valence-electron chi connectivity index (χ3n) is 4.76. The standard InChI is InChI=1S/C19H32NO3P/c1-2-3-4-5-6-7-8-16-9-11-17(12-10-16)18-13-19(20,14-22-18)15-23-24-21/h9-12,18,21,24H,2-8,13-15,20H2,1H3. The first kappa shape index (κ1) is 19.8. The number of hydrogen-bond donors (Lipinski definition) is 2. The maximum atomic E-state index is 8.79. The van der Waals surface area contributed by atoms with Crippen LogP contribution in [0.4, 0.5) is 0 Å². The lowest BCUT2D eigenvalue weighted by Gasteiger charge is -2.20. The van der Waals surface area contributed by atoms with E-state index in [4.69, 9.17) is 19.9 Å². The summed E-state index contributed by atoms with van der Waals surface area (Å²) in [6.07, 6.45) is 9.92. The fourth-order valence-electron chi connectivity index (χ4n) is 3.25. The van der Waals surface area contributed by atoms with Crippen molar-refractivity contribution < 1.29 is 14.2 Å². The fourth-order valence-corrected chi connectivity index (χ4v) is 3.60. The van der Waals surface area contributed by atoms with Gasteiger partial charge in [0.1, 0.15) is 0 Å². The van der Waals surface area contributed by atoms with Gasteiger partial charge < -0.3 is 19.9 Å². The van der Waals surface area contributed by atoms with Crippen LogP contribution in [-0.2, 0) is 15.7 Å². The van der Waals surface area contributed by atoms with E-state index in [1.165, 1.54) is 49.7 Å². The van der Waals surface area contributed by atoms with Crippen LogP contribution in [0.1, 0.15) is 69.1 Å². The third kappa shape index (κ3) is 6.42. The van der Waals surface area contributed by atoms with Crippen LogP contribution in [-0.4, -0.2) is 23.6 Å². The summed E-state index contributed by atoms with van der Waals surface area (Å²) in [6, 6.07) is 8.76. The Bertz CT molecular complexity index is 468. The predicted octanol–water partition coefficient (Wildman–Crippen LogP) is 4.27. The predicted molar refractivity (Wildman–Crippen MR) is 100 cm³/mol. The van der Waals surface area contributed by atoms with E-state index in [1.54, 1.807) is 0 Å². The number of rotatable bonds is 11. The molecule has 1 heterocycles. The summed E-state index contributed by atoms with van der Waals surface area (Å²) in [7, 11) is -0.515. The number of ether oxygens (including phenoxy) is 1. The van der Waals surface area contributed by atoms with Crippen molar-refractivity contribution in [1.82, 2.24) is 0 Å². The number of unbranched alkanes of at least 4 members (excludes halogenated alkanes) is 5. The van der Waals surface area contributed by atoms with Gasteiger partial charge in [-0.2, -0.15) is 0 Å². The molecular formula is C19H32NO3P. The molecule has 0 amide bonds. The first-order chi connectivity index (χ1) is 11.7. The highest BCUT2D eigenvalue weighted by molar-refractivity contribution is 7.24. The van der Waals surface area contributed by atoms with Gasteiger partial charge in [-0.15, -0.1) is 0 Å². The van der Waals surface area contributed by atoms with Crippen molar-refractivity contribution in [3.8, 4) is 0 Å². The summed E-state index contributed by atoms with van der Waals surface area (Å²) in [4.78, 5) is 8.79. The Morgan fingerprint density at radius 1 is 1.21 bits per heavy atom. The lowest BCUT2D eigenvalue weighted by atomic mass is 9.94. The van der Waals surface area contributed by atoms with Crippen molar-refractivity contribution in [2.24, 2.45) is 5.73 Å². The maximum Gasteiger partial charge on any atom is 0.152 e. The molecule has 2 rings (SSSR count). The normalized spacial score (nSPS) is 24.2. The Kier molecular flexibility index (Phi) is 8.65. The largest absolute Gasteiger partial charge is 0.371 e. The van der Waals surface area contributed by atoms with E-state index in [0.29, 0.717) is 13.2 Å². The average molecular weight is 353 g/mol. The van der Waals surface area contributed by atoms with E-state index in [1.807, 2.05) is 0 Å². The molecule has 3 atom stereocenters. The van der Waals surface area contributed by atoms with E-state index in [2.05, 4.69) is 31.2 Å². The van der Waals surface area contributed by atoms with E-state index in [-0.39, 0.29) is 6.10 Å². The van der Waals surface area contributed by atoms with Gasteiger partial charge in [-0.25, -0.2) is 0 Å². The molecule has 1 fully saturated rings. The molecule has 0 aliphatic carbocycles. The Labute approximate surface area is 148 Å². The molecule has 1 aliphatic heterocycles. The molecular weight excluding hydrogens is 321 g/mol. The average Bonchev–Trinajstić information content (AvgIpc) is 2.99. The van der Waals surface area contributed by atoms with Gasteiger partial charge in [-0.1, -0.05) is 63.3 Å². The van der Waals surface area contributed by atoms with Crippen molar-refractivity contribution in [1.29, 1.82) is 0 Å². The quantitative estimate of drug-likeness (QED) is 0.461. The Balaban J connectivity index is 1.74. The van der Waals surface area contributed by atoms with Crippen LogP contribution in [0.3, 0.4) is 0 Å². The highest BCUT2D eigenvalue weighted by Gasteiger charge is 2.37. The summed E-state index contributed by atoms with van der Waals surface area (Å²) in [5.41, 5.74) is 8.35. The first-order valence-electron chi connectivity index (χ1n) is 9.17. The van der Waals surface area contributed by atoms with Gasteiger partial charge in [-0.05, 0) is 24.0 Å². The zero-order chi connectivity index (χ0) is 17.3. The molecule has 0 aromatic heterocycles. The Morgan fingerprint density at radius 2 is 1.92 bits per heavy atom. The van der Waals surface area contributed by atoms with Crippen LogP contribution >= 0.6 is 9.03 Å². The second-order valence-electron chi connectivity index (χ2n) is 7.01. The molecule has 3 unspecified atom stereocenters. The van der Waals surface area contributed by atoms with Gasteiger partial charge in [0.05, 0.1) is 24.9 Å². The van der Waals surface area contributed by atoms with E-state index < -0.39 is 14.6 Å². The van der Waals surface area contributed by atoms with Crippen molar-refractivity contribution in [3.63, 3.8) is 0 Å². The monoisotopic (exact) mass is 353 g/mol. The third-order valence-corrected chi connectivity index (χ3v) is 5.03. The zero-order valence-electron chi connectivity index (χ0n) is 14.8. The smallest absolute Gasteiger partial charge is 0.152 e. The molecule has 24 heavy (non-hydrogen) atoms. The lowest BCUT2D eigenvalue weighted by Crippen LogP contribution is -2.44. The molecule has 1 aliphatic rings. The molecule has 0 saturated carbocycles. The molecule has 136 valence electrons. The van der Waals surface area contributed by atoms with Gasteiger partial charge in [0, 0.05) is 6.42 Å². The highest BCUT2D eigenvalue weighted by Crippen LogP contribution is 2.34. The second-order valence-corrected chi connectivity index (χ2v) is 7.48. The Morgan fingerprint density at radius 3 is 2.62 bits per heavy atom. The molecule has 0 bridgehead atoms. The van der Waals surface area contributed by atoms with Gasteiger partial charge in [-0.3, -0.25) is 0 Å². The molecule has 4 nitrogen and oxygen atoms in total. The molecule has 0 radical (unpaired) electrons. The Hall–Kier alpha value is -0.510. The van der Waals surface area contributed by atoms with Gasteiger partial charge in [0.15, 0.2) is 9.03 Å². The van der Waals surface area contributed by atoms with Crippen LogP contribution in [0, 0.1) is 0 Å². The summed E-state index contributed by atoms with van der Waals surface area (Å²) >= 11 is 0.